The summed E-state index contributed by atoms with van der Waals surface area (Å²) in [6.45, 7) is 0.588. The summed E-state index contributed by atoms with van der Waals surface area (Å²) in [6.07, 6.45) is 3.48. The van der Waals surface area contributed by atoms with Crippen LogP contribution in [0, 0.1) is 0 Å². The van der Waals surface area contributed by atoms with Crippen molar-refractivity contribution in [2.75, 3.05) is 20.6 Å². The van der Waals surface area contributed by atoms with Crippen LogP contribution in [0.15, 0.2) is 11.6 Å². The van der Waals surface area contributed by atoms with Gasteiger partial charge in [0.1, 0.15) is 5.01 Å². The van der Waals surface area contributed by atoms with Gasteiger partial charge < -0.3 is 0 Å². The molecule has 1 aromatic heterocycles. The quantitative estimate of drug-likeness (QED) is 0.818. The molecule has 1 atom stereocenters. The Balaban J connectivity index is 2.29. The van der Waals surface area contributed by atoms with E-state index in [1.165, 1.54) is 15.6 Å². The first-order valence-electron chi connectivity index (χ1n) is 5.12. The van der Waals surface area contributed by atoms with Gasteiger partial charge >= 0.3 is 0 Å². The van der Waals surface area contributed by atoms with E-state index in [1.54, 1.807) is 24.6 Å². The first-order valence-corrected chi connectivity index (χ1v) is 7.40. The molecular formula is C9H15N3O2S2. The molecule has 0 amide bonds. The van der Waals surface area contributed by atoms with E-state index in [0.29, 0.717) is 6.54 Å². The second-order valence-corrected chi connectivity index (χ2v) is 6.95. The van der Waals surface area contributed by atoms with E-state index < -0.39 is 10.2 Å². The molecule has 16 heavy (non-hydrogen) atoms. The van der Waals surface area contributed by atoms with Crippen LogP contribution in [0.25, 0.3) is 0 Å². The van der Waals surface area contributed by atoms with Crippen LogP contribution in [0.1, 0.15) is 23.9 Å². The Morgan fingerprint density at radius 1 is 1.56 bits per heavy atom. The largest absolute Gasteiger partial charge is 0.282 e. The van der Waals surface area contributed by atoms with Crippen molar-refractivity contribution in [1.29, 1.82) is 0 Å². The van der Waals surface area contributed by atoms with Gasteiger partial charge in [0.05, 0.1) is 6.04 Å². The van der Waals surface area contributed by atoms with Crippen molar-refractivity contribution in [3.8, 4) is 0 Å². The molecule has 1 unspecified atom stereocenters. The Morgan fingerprint density at radius 2 is 2.31 bits per heavy atom. The lowest BCUT2D eigenvalue weighted by atomic mass is 10.2. The zero-order valence-electron chi connectivity index (χ0n) is 9.33. The Labute approximate surface area is 99.9 Å². The highest BCUT2D eigenvalue weighted by molar-refractivity contribution is 7.86. The summed E-state index contributed by atoms with van der Waals surface area (Å²) in [4.78, 5) is 4.22. The van der Waals surface area contributed by atoms with Crippen molar-refractivity contribution in [1.82, 2.24) is 13.6 Å². The van der Waals surface area contributed by atoms with Crippen molar-refractivity contribution < 1.29 is 8.42 Å². The van der Waals surface area contributed by atoms with E-state index in [0.717, 1.165) is 17.8 Å². The third kappa shape index (κ3) is 2.00. The molecule has 0 aliphatic carbocycles. The van der Waals surface area contributed by atoms with Crippen LogP contribution in [-0.2, 0) is 10.2 Å². The predicted molar refractivity (Wildman–Crippen MR) is 63.4 cm³/mol. The van der Waals surface area contributed by atoms with Crippen molar-refractivity contribution in [2.24, 2.45) is 0 Å². The van der Waals surface area contributed by atoms with Crippen LogP contribution in [0.3, 0.4) is 0 Å². The number of thiazole rings is 1. The van der Waals surface area contributed by atoms with Crippen LogP contribution in [0.2, 0.25) is 0 Å². The smallest absolute Gasteiger partial charge is 0.248 e. The fourth-order valence-electron chi connectivity index (χ4n) is 1.87. The summed E-state index contributed by atoms with van der Waals surface area (Å²) in [5, 5.41) is 2.77. The van der Waals surface area contributed by atoms with Crippen molar-refractivity contribution in [3.05, 3.63) is 16.6 Å². The van der Waals surface area contributed by atoms with Crippen LogP contribution >= 0.6 is 11.3 Å². The van der Waals surface area contributed by atoms with Gasteiger partial charge in [-0.05, 0) is 12.8 Å². The molecule has 1 aromatic rings. The summed E-state index contributed by atoms with van der Waals surface area (Å²) < 4.78 is 26.9. The minimum absolute atomic E-state index is 0.0765. The van der Waals surface area contributed by atoms with E-state index >= 15 is 0 Å². The summed E-state index contributed by atoms with van der Waals surface area (Å²) in [5.74, 6) is 0. The molecule has 0 aromatic carbocycles. The fraction of sp³-hybridized carbons (Fsp3) is 0.667. The standard InChI is InChI=1S/C9H15N3O2S2/c1-11(2)16(13,14)12-6-3-4-8(12)9-10-5-7-15-9/h5,7-8H,3-4,6H2,1-2H3. The van der Waals surface area contributed by atoms with Crippen LogP contribution in [0.4, 0.5) is 0 Å². The summed E-state index contributed by atoms with van der Waals surface area (Å²) >= 11 is 1.52. The average Bonchev–Trinajstić information content (AvgIpc) is 2.88. The molecule has 1 saturated heterocycles. The first-order chi connectivity index (χ1) is 7.53. The maximum atomic E-state index is 12.1. The van der Waals surface area contributed by atoms with Crippen molar-refractivity contribution in [2.45, 2.75) is 18.9 Å². The second kappa shape index (κ2) is 4.40. The van der Waals surface area contributed by atoms with Crippen molar-refractivity contribution in [3.63, 3.8) is 0 Å². The summed E-state index contributed by atoms with van der Waals surface area (Å²) in [7, 11) is -0.194. The monoisotopic (exact) mass is 261 g/mol. The number of hydrogen-bond acceptors (Lipinski definition) is 4. The van der Waals surface area contributed by atoms with Gasteiger partial charge in [0.25, 0.3) is 10.2 Å². The SMILES string of the molecule is CN(C)S(=O)(=O)N1CCCC1c1nccs1. The maximum absolute atomic E-state index is 12.1. The third-order valence-corrected chi connectivity index (χ3v) is 5.53. The molecule has 0 N–H and O–H groups in total. The molecule has 7 heteroatoms. The molecule has 5 nitrogen and oxygen atoms in total. The van der Waals surface area contributed by atoms with Crippen LogP contribution in [-0.4, -0.2) is 42.7 Å². The highest BCUT2D eigenvalue weighted by atomic mass is 32.2. The zero-order valence-corrected chi connectivity index (χ0v) is 11.0. The molecule has 1 aliphatic heterocycles. The molecule has 2 heterocycles. The lowest BCUT2D eigenvalue weighted by molar-refractivity contribution is 0.362. The number of hydrogen-bond donors (Lipinski definition) is 0. The average molecular weight is 261 g/mol. The molecule has 0 spiro atoms. The van der Waals surface area contributed by atoms with Gasteiger partial charge in [-0.1, -0.05) is 0 Å². The number of rotatable bonds is 3. The minimum atomic E-state index is -3.32. The third-order valence-electron chi connectivity index (χ3n) is 2.70. The molecule has 1 fully saturated rings. The van der Waals surface area contributed by atoms with Crippen LogP contribution in [0.5, 0.6) is 0 Å². The van der Waals surface area contributed by atoms with Crippen LogP contribution < -0.4 is 0 Å². The molecule has 1 aliphatic rings. The van der Waals surface area contributed by atoms with E-state index in [-0.39, 0.29) is 6.04 Å². The predicted octanol–water partition coefficient (Wildman–Crippen LogP) is 1.09. The number of aromatic nitrogens is 1. The Kier molecular flexibility index (Phi) is 3.29. The topological polar surface area (TPSA) is 53.5 Å². The highest BCUT2D eigenvalue weighted by Gasteiger charge is 2.37. The molecule has 0 saturated carbocycles. The molecule has 0 radical (unpaired) electrons. The van der Waals surface area contributed by atoms with E-state index in [4.69, 9.17) is 0 Å². The van der Waals surface area contributed by atoms with Gasteiger partial charge in [-0.2, -0.15) is 17.0 Å². The van der Waals surface area contributed by atoms with Gasteiger partial charge in [0, 0.05) is 32.2 Å². The minimum Gasteiger partial charge on any atom is -0.248 e. The fourth-order valence-corrected chi connectivity index (χ4v) is 4.03. The van der Waals surface area contributed by atoms with Gasteiger partial charge in [-0.25, -0.2) is 4.98 Å². The molecule has 90 valence electrons. The molecule has 2 rings (SSSR count). The van der Waals surface area contributed by atoms with Gasteiger partial charge in [-0.3, -0.25) is 0 Å². The zero-order chi connectivity index (χ0) is 11.8. The Hall–Kier alpha value is -0.500. The highest BCUT2D eigenvalue weighted by Crippen LogP contribution is 2.35. The van der Waals surface area contributed by atoms with Gasteiger partial charge in [-0.15, -0.1) is 11.3 Å². The van der Waals surface area contributed by atoms with E-state index in [1.807, 2.05) is 5.38 Å². The normalized spacial score (nSPS) is 23.1. The first kappa shape index (κ1) is 12.0. The number of nitrogens with zero attached hydrogens (tertiary/aromatic N) is 3. The van der Waals surface area contributed by atoms with Gasteiger partial charge in [0.15, 0.2) is 0 Å². The second-order valence-electron chi connectivity index (χ2n) is 3.93. The maximum Gasteiger partial charge on any atom is 0.282 e. The molecule has 0 bridgehead atoms. The summed E-state index contributed by atoms with van der Waals surface area (Å²) in [6, 6.07) is -0.0765. The van der Waals surface area contributed by atoms with E-state index in [2.05, 4.69) is 4.98 Å². The lowest BCUT2D eigenvalue weighted by Crippen LogP contribution is -2.39. The molecular weight excluding hydrogens is 246 g/mol. The Morgan fingerprint density at radius 3 is 2.88 bits per heavy atom. The van der Waals surface area contributed by atoms with Crippen molar-refractivity contribution >= 4 is 21.5 Å². The van der Waals surface area contributed by atoms with E-state index in [9.17, 15) is 8.42 Å². The lowest BCUT2D eigenvalue weighted by Gasteiger charge is -2.25. The summed E-state index contributed by atoms with van der Waals surface area (Å²) in [5.41, 5.74) is 0. The Bertz CT molecular complexity index is 441. The van der Waals surface area contributed by atoms with Gasteiger partial charge in [0.2, 0.25) is 0 Å².